The first-order valence-electron chi connectivity index (χ1n) is 6.03. The lowest BCUT2D eigenvalue weighted by molar-refractivity contribution is 0.0993. The molecule has 0 unspecified atom stereocenters. The van der Waals surface area contributed by atoms with Crippen molar-refractivity contribution in [2.75, 3.05) is 11.9 Å². The van der Waals surface area contributed by atoms with Crippen LogP contribution in [0.15, 0.2) is 42.5 Å². The number of rotatable bonds is 3. The van der Waals surface area contributed by atoms with E-state index in [1.54, 1.807) is 31.3 Å². The van der Waals surface area contributed by atoms with Crippen molar-refractivity contribution in [2.45, 2.75) is 0 Å². The van der Waals surface area contributed by atoms with Crippen LogP contribution in [0.3, 0.4) is 0 Å². The number of hydrogen-bond acceptors (Lipinski definition) is 2. The van der Waals surface area contributed by atoms with Gasteiger partial charge in [0.05, 0.1) is 16.3 Å². The maximum Gasteiger partial charge on any atom is 0.259 e. The molecule has 1 amide bonds. The van der Waals surface area contributed by atoms with E-state index in [0.29, 0.717) is 11.3 Å². The summed E-state index contributed by atoms with van der Waals surface area (Å²) in [6.07, 6.45) is 0. The van der Waals surface area contributed by atoms with Gasteiger partial charge in [0.15, 0.2) is 0 Å². The number of nitrogens with two attached hydrogens (primary N) is 1. The molecular weight excluding hydrogens is 311 g/mol. The Morgan fingerprint density at radius 1 is 1.24 bits per heavy atom. The van der Waals surface area contributed by atoms with Crippen LogP contribution in [0.1, 0.15) is 15.9 Å². The van der Waals surface area contributed by atoms with Crippen LogP contribution < -0.4 is 10.6 Å². The fourth-order valence-corrected chi connectivity index (χ4v) is 2.35. The van der Waals surface area contributed by atoms with Gasteiger partial charge in [-0.3, -0.25) is 4.79 Å². The van der Waals surface area contributed by atoms with E-state index in [4.69, 9.17) is 29.6 Å². The molecule has 0 aliphatic heterocycles. The molecule has 0 atom stereocenters. The topological polar surface area (TPSA) is 46.3 Å². The molecule has 0 fully saturated rings. The highest BCUT2D eigenvalue weighted by Gasteiger charge is 2.19. The summed E-state index contributed by atoms with van der Waals surface area (Å²) < 4.78 is 13.1. The number of para-hydroxylation sites is 1. The van der Waals surface area contributed by atoms with Gasteiger partial charge >= 0.3 is 0 Å². The quantitative estimate of drug-likeness (QED) is 0.881. The molecule has 0 saturated carbocycles. The lowest BCUT2D eigenvalue weighted by Crippen LogP contribution is -2.29. The number of hydrogen-bond donors (Lipinski definition) is 1. The van der Waals surface area contributed by atoms with Gasteiger partial charge in [-0.2, -0.15) is 0 Å². The van der Waals surface area contributed by atoms with Crippen molar-refractivity contribution in [3.63, 3.8) is 0 Å². The Morgan fingerprint density at radius 3 is 2.52 bits per heavy atom. The van der Waals surface area contributed by atoms with Gasteiger partial charge in [-0.1, -0.05) is 36.0 Å². The minimum atomic E-state index is -0.497. The second-order valence-corrected chi connectivity index (χ2v) is 5.22. The van der Waals surface area contributed by atoms with Crippen molar-refractivity contribution in [1.29, 1.82) is 0 Å². The molecule has 0 aromatic heterocycles. The minimum absolute atomic E-state index is 0.0552. The second-order valence-electron chi connectivity index (χ2n) is 4.37. The minimum Gasteiger partial charge on any atom is -0.389 e. The zero-order chi connectivity index (χ0) is 15.6. The van der Waals surface area contributed by atoms with Gasteiger partial charge in [0.2, 0.25) is 0 Å². The Balaban J connectivity index is 2.42. The summed E-state index contributed by atoms with van der Waals surface area (Å²) in [5.41, 5.74) is 7.02. The molecule has 6 heteroatoms. The van der Waals surface area contributed by atoms with E-state index >= 15 is 0 Å². The molecule has 0 aliphatic carbocycles. The van der Waals surface area contributed by atoms with Crippen LogP contribution in [-0.4, -0.2) is 17.9 Å². The van der Waals surface area contributed by atoms with Crippen LogP contribution in [0.2, 0.25) is 5.02 Å². The molecular formula is C15H12ClFN2OS. The van der Waals surface area contributed by atoms with Crippen LogP contribution in [0, 0.1) is 5.82 Å². The smallest absolute Gasteiger partial charge is 0.259 e. The van der Waals surface area contributed by atoms with Crippen molar-refractivity contribution in [2.24, 2.45) is 5.73 Å². The predicted molar refractivity (Wildman–Crippen MR) is 86.5 cm³/mol. The molecule has 21 heavy (non-hydrogen) atoms. The number of thiocarbonyl (C=S) groups is 1. The Hall–Kier alpha value is -1.98. The fraction of sp³-hybridized carbons (Fsp3) is 0.0667. The van der Waals surface area contributed by atoms with Crippen molar-refractivity contribution in [3.8, 4) is 0 Å². The molecule has 2 aromatic rings. The Labute approximate surface area is 132 Å². The Morgan fingerprint density at radius 2 is 1.90 bits per heavy atom. The average Bonchev–Trinajstić information content (AvgIpc) is 2.45. The second kappa shape index (κ2) is 6.20. The third-order valence-electron chi connectivity index (χ3n) is 3.00. The summed E-state index contributed by atoms with van der Waals surface area (Å²) in [6.45, 7) is 0. The first-order chi connectivity index (χ1) is 9.91. The standard InChI is InChI=1S/C15H12ClFN2OS/c1-19(13-5-3-2-4-11(13)14(18)21)15(20)10-7-6-9(17)8-12(10)16/h2-8H,1H3,(H2,18,21). The van der Waals surface area contributed by atoms with Crippen molar-refractivity contribution in [1.82, 2.24) is 0 Å². The van der Waals surface area contributed by atoms with Crippen LogP contribution in [0.5, 0.6) is 0 Å². The summed E-state index contributed by atoms with van der Waals surface area (Å²) in [5, 5.41) is 0.0552. The van der Waals surface area contributed by atoms with Crippen LogP contribution in [0.4, 0.5) is 10.1 Å². The summed E-state index contributed by atoms with van der Waals surface area (Å²) in [5.74, 6) is -0.869. The van der Waals surface area contributed by atoms with Gasteiger partial charge in [-0.05, 0) is 30.3 Å². The van der Waals surface area contributed by atoms with Crippen LogP contribution in [-0.2, 0) is 0 Å². The third kappa shape index (κ3) is 3.20. The van der Waals surface area contributed by atoms with Crippen LogP contribution >= 0.6 is 23.8 Å². The highest BCUT2D eigenvalue weighted by Crippen LogP contribution is 2.24. The average molecular weight is 323 g/mol. The van der Waals surface area contributed by atoms with E-state index in [0.717, 1.165) is 6.07 Å². The Bertz CT molecular complexity index is 721. The molecule has 108 valence electrons. The molecule has 0 radical (unpaired) electrons. The number of benzene rings is 2. The van der Waals surface area contributed by atoms with E-state index in [-0.39, 0.29) is 21.5 Å². The van der Waals surface area contributed by atoms with Crippen LogP contribution in [0.25, 0.3) is 0 Å². The molecule has 0 aliphatic rings. The summed E-state index contributed by atoms with van der Waals surface area (Å²) in [6, 6.07) is 10.6. The van der Waals surface area contributed by atoms with Gasteiger partial charge in [0.25, 0.3) is 5.91 Å². The number of anilines is 1. The number of amides is 1. The molecule has 3 nitrogen and oxygen atoms in total. The van der Waals surface area contributed by atoms with Crippen molar-refractivity contribution >= 4 is 40.4 Å². The molecule has 0 bridgehead atoms. The number of carbonyl (C=O) groups excluding carboxylic acids is 1. The molecule has 2 aromatic carbocycles. The highest BCUT2D eigenvalue weighted by atomic mass is 35.5. The number of nitrogens with zero attached hydrogens (tertiary/aromatic N) is 1. The summed E-state index contributed by atoms with van der Waals surface area (Å²) in [7, 11) is 1.58. The first kappa shape index (κ1) is 15.4. The monoisotopic (exact) mass is 322 g/mol. The van der Waals surface area contributed by atoms with E-state index in [1.807, 2.05) is 0 Å². The molecule has 0 saturated heterocycles. The lowest BCUT2D eigenvalue weighted by atomic mass is 10.1. The van der Waals surface area contributed by atoms with Gasteiger partial charge in [0, 0.05) is 12.6 Å². The molecule has 2 rings (SSSR count). The summed E-state index contributed by atoms with van der Waals surface area (Å²) >= 11 is 10.9. The first-order valence-corrected chi connectivity index (χ1v) is 6.82. The maximum absolute atomic E-state index is 13.1. The maximum atomic E-state index is 13.1. The highest BCUT2D eigenvalue weighted by molar-refractivity contribution is 7.80. The molecule has 0 spiro atoms. The predicted octanol–water partition coefficient (Wildman–Crippen LogP) is 3.39. The van der Waals surface area contributed by atoms with E-state index in [2.05, 4.69) is 0 Å². The van der Waals surface area contributed by atoms with E-state index in [9.17, 15) is 9.18 Å². The van der Waals surface area contributed by atoms with E-state index < -0.39 is 5.82 Å². The normalized spacial score (nSPS) is 10.2. The zero-order valence-electron chi connectivity index (χ0n) is 11.1. The number of halogens is 2. The largest absolute Gasteiger partial charge is 0.389 e. The number of carbonyl (C=O) groups is 1. The van der Waals surface area contributed by atoms with Gasteiger partial charge in [0.1, 0.15) is 10.8 Å². The van der Waals surface area contributed by atoms with Crippen molar-refractivity contribution < 1.29 is 9.18 Å². The summed E-state index contributed by atoms with van der Waals surface area (Å²) in [4.78, 5) is 14.1. The van der Waals surface area contributed by atoms with Gasteiger partial charge < -0.3 is 10.6 Å². The zero-order valence-corrected chi connectivity index (χ0v) is 12.7. The molecule has 2 N–H and O–H groups in total. The molecule has 0 heterocycles. The fourth-order valence-electron chi connectivity index (χ4n) is 1.93. The van der Waals surface area contributed by atoms with Gasteiger partial charge in [-0.15, -0.1) is 0 Å². The van der Waals surface area contributed by atoms with E-state index in [1.165, 1.54) is 17.0 Å². The lowest BCUT2D eigenvalue weighted by Gasteiger charge is -2.20. The van der Waals surface area contributed by atoms with Gasteiger partial charge in [-0.25, -0.2) is 4.39 Å². The third-order valence-corrected chi connectivity index (χ3v) is 3.53. The van der Waals surface area contributed by atoms with Crippen molar-refractivity contribution in [3.05, 3.63) is 64.4 Å². The Kier molecular flexibility index (Phi) is 4.55. The SMILES string of the molecule is CN(C(=O)c1ccc(F)cc1Cl)c1ccccc1C(N)=S.